The summed E-state index contributed by atoms with van der Waals surface area (Å²) in [7, 11) is 0. The summed E-state index contributed by atoms with van der Waals surface area (Å²) in [5.41, 5.74) is -0.279. The van der Waals surface area contributed by atoms with Crippen molar-refractivity contribution in [3.8, 4) is 11.5 Å². The number of benzene rings is 2. The molecule has 0 atom stereocenters. The van der Waals surface area contributed by atoms with E-state index in [0.717, 1.165) is 0 Å². The van der Waals surface area contributed by atoms with E-state index in [1.807, 2.05) is 0 Å². The topological polar surface area (TPSA) is 98.0 Å². The number of aromatic carboxylic acids is 1. The second-order valence-electron chi connectivity index (χ2n) is 3.77. The Hall–Kier alpha value is -2.69. The second kappa shape index (κ2) is 3.96. The number of carboxylic acids is 1. The van der Waals surface area contributed by atoms with E-state index in [2.05, 4.69) is 6.58 Å². The fourth-order valence-corrected chi connectivity index (χ4v) is 1.79. The number of rotatable bonds is 2. The molecule has 0 aliphatic carbocycles. The van der Waals surface area contributed by atoms with Gasteiger partial charge in [0.15, 0.2) is 0 Å². The maximum atomic E-state index is 10.9. The molecule has 2 rings (SSSR count). The molecule has 2 aromatic carbocycles. The van der Waals surface area contributed by atoms with Crippen molar-refractivity contribution in [3.05, 3.63) is 42.0 Å². The van der Waals surface area contributed by atoms with Gasteiger partial charge in [-0.1, -0.05) is 18.7 Å². The van der Waals surface area contributed by atoms with E-state index in [4.69, 9.17) is 5.11 Å². The zero-order chi connectivity index (χ0) is 13.4. The lowest BCUT2D eigenvalue weighted by molar-refractivity contribution is 0.0694. The first-order chi connectivity index (χ1) is 8.43. The summed E-state index contributed by atoms with van der Waals surface area (Å²) in [4.78, 5) is 10.9. The first-order valence-corrected chi connectivity index (χ1v) is 5.02. The SMILES string of the molecule is C=C(O)c1ccc2ccc(C(=O)O)c(O)c2c1O. The Morgan fingerprint density at radius 3 is 1.94 bits per heavy atom. The average molecular weight is 246 g/mol. The normalized spacial score (nSPS) is 10.4. The van der Waals surface area contributed by atoms with Gasteiger partial charge in [0.1, 0.15) is 22.8 Å². The highest BCUT2D eigenvalue weighted by atomic mass is 16.4. The zero-order valence-electron chi connectivity index (χ0n) is 9.21. The molecule has 2 aromatic rings. The van der Waals surface area contributed by atoms with Crippen molar-refractivity contribution >= 4 is 22.5 Å². The van der Waals surface area contributed by atoms with Gasteiger partial charge < -0.3 is 20.4 Å². The summed E-state index contributed by atoms with van der Waals surface area (Å²) >= 11 is 0. The van der Waals surface area contributed by atoms with Crippen LogP contribution in [0.4, 0.5) is 0 Å². The van der Waals surface area contributed by atoms with Gasteiger partial charge in [0.2, 0.25) is 0 Å². The number of hydrogen-bond acceptors (Lipinski definition) is 4. The quantitative estimate of drug-likeness (QED) is 0.610. The Morgan fingerprint density at radius 1 is 0.944 bits per heavy atom. The summed E-state index contributed by atoms with van der Waals surface area (Å²) in [6, 6.07) is 5.67. The Balaban J connectivity index is 2.90. The Morgan fingerprint density at radius 2 is 1.44 bits per heavy atom. The average Bonchev–Trinajstić information content (AvgIpc) is 2.28. The van der Waals surface area contributed by atoms with Crippen molar-refractivity contribution in [1.29, 1.82) is 0 Å². The third kappa shape index (κ3) is 1.62. The zero-order valence-corrected chi connectivity index (χ0v) is 9.21. The highest BCUT2D eigenvalue weighted by molar-refractivity contribution is 6.04. The van der Waals surface area contributed by atoms with Crippen LogP contribution in [0.15, 0.2) is 30.8 Å². The third-order valence-electron chi connectivity index (χ3n) is 2.67. The molecule has 0 spiro atoms. The summed E-state index contributed by atoms with van der Waals surface area (Å²) < 4.78 is 0. The van der Waals surface area contributed by atoms with E-state index in [1.165, 1.54) is 24.3 Å². The molecule has 18 heavy (non-hydrogen) atoms. The van der Waals surface area contributed by atoms with Gasteiger partial charge in [-0.3, -0.25) is 0 Å². The van der Waals surface area contributed by atoms with Crippen LogP contribution in [0.1, 0.15) is 15.9 Å². The maximum Gasteiger partial charge on any atom is 0.339 e. The number of phenols is 2. The van der Waals surface area contributed by atoms with Crippen molar-refractivity contribution < 1.29 is 25.2 Å². The van der Waals surface area contributed by atoms with E-state index >= 15 is 0 Å². The highest BCUT2D eigenvalue weighted by Gasteiger charge is 2.17. The van der Waals surface area contributed by atoms with Crippen LogP contribution in [0.2, 0.25) is 0 Å². The van der Waals surface area contributed by atoms with Crippen LogP contribution >= 0.6 is 0 Å². The van der Waals surface area contributed by atoms with Crippen LogP contribution in [0.3, 0.4) is 0 Å². The molecule has 5 heteroatoms. The van der Waals surface area contributed by atoms with E-state index < -0.39 is 17.5 Å². The minimum atomic E-state index is -1.30. The van der Waals surface area contributed by atoms with Gasteiger partial charge >= 0.3 is 5.97 Å². The van der Waals surface area contributed by atoms with Gasteiger partial charge in [-0.25, -0.2) is 4.79 Å². The van der Waals surface area contributed by atoms with Crippen molar-refractivity contribution in [2.45, 2.75) is 0 Å². The van der Waals surface area contributed by atoms with Gasteiger partial charge in [0, 0.05) is 0 Å². The molecular formula is C13H10O5. The molecule has 5 nitrogen and oxygen atoms in total. The molecule has 0 amide bonds. The summed E-state index contributed by atoms with van der Waals surface area (Å²) in [5.74, 6) is -2.61. The van der Waals surface area contributed by atoms with Gasteiger partial charge in [0.05, 0.1) is 10.9 Å². The lowest BCUT2D eigenvalue weighted by Crippen LogP contribution is -1.97. The predicted molar refractivity (Wildman–Crippen MR) is 65.9 cm³/mol. The van der Waals surface area contributed by atoms with Crippen LogP contribution in [0.25, 0.3) is 16.5 Å². The van der Waals surface area contributed by atoms with Gasteiger partial charge in [0.25, 0.3) is 0 Å². The lowest BCUT2D eigenvalue weighted by atomic mass is 10.0. The first-order valence-electron chi connectivity index (χ1n) is 5.02. The number of fused-ring (bicyclic) bond motifs is 1. The third-order valence-corrected chi connectivity index (χ3v) is 2.67. The van der Waals surface area contributed by atoms with Gasteiger partial charge in [-0.2, -0.15) is 0 Å². The molecule has 0 saturated heterocycles. The van der Waals surface area contributed by atoms with Crippen molar-refractivity contribution in [2.24, 2.45) is 0 Å². The van der Waals surface area contributed by atoms with Crippen LogP contribution < -0.4 is 0 Å². The number of carbonyl (C=O) groups is 1. The van der Waals surface area contributed by atoms with Gasteiger partial charge in [-0.05, 0) is 17.5 Å². The number of phenolic OH excluding ortho intramolecular Hbond substituents is 1. The molecular weight excluding hydrogens is 236 g/mol. The first kappa shape index (κ1) is 11.8. The van der Waals surface area contributed by atoms with Crippen LogP contribution in [0, 0.1) is 0 Å². The van der Waals surface area contributed by atoms with Crippen molar-refractivity contribution in [1.82, 2.24) is 0 Å². The second-order valence-corrected chi connectivity index (χ2v) is 3.77. The van der Waals surface area contributed by atoms with E-state index in [9.17, 15) is 20.1 Å². The van der Waals surface area contributed by atoms with Crippen molar-refractivity contribution in [2.75, 3.05) is 0 Å². The number of aromatic hydroxyl groups is 2. The number of carboxylic acid groups (broad SMARTS) is 1. The minimum absolute atomic E-state index is 0.0254. The molecule has 0 aromatic heterocycles. The summed E-state index contributed by atoms with van der Waals surface area (Å²) in [6.07, 6.45) is 0. The van der Waals surface area contributed by atoms with Crippen LogP contribution in [-0.4, -0.2) is 26.4 Å². The molecule has 0 bridgehead atoms. The number of aliphatic hydroxyl groups is 1. The minimum Gasteiger partial charge on any atom is -0.508 e. The van der Waals surface area contributed by atoms with E-state index in [-0.39, 0.29) is 22.3 Å². The van der Waals surface area contributed by atoms with Crippen LogP contribution in [-0.2, 0) is 0 Å². The fraction of sp³-hybridized carbons (Fsp3) is 0. The standard InChI is InChI=1S/C13H10O5/c1-6(14)8-4-2-7-3-5-9(13(17)18)12(16)10(7)11(8)15/h2-5,14-16H,1H2,(H,17,18). The molecule has 92 valence electrons. The Labute approximate surface area is 102 Å². The lowest BCUT2D eigenvalue weighted by Gasteiger charge is -2.09. The van der Waals surface area contributed by atoms with E-state index in [0.29, 0.717) is 5.39 Å². The molecule has 0 aliphatic heterocycles. The number of aliphatic hydroxyl groups excluding tert-OH is 1. The molecule has 0 aliphatic rings. The smallest absolute Gasteiger partial charge is 0.339 e. The maximum absolute atomic E-state index is 10.9. The molecule has 0 heterocycles. The molecule has 0 fully saturated rings. The predicted octanol–water partition coefficient (Wildman–Crippen LogP) is 2.48. The molecule has 0 radical (unpaired) electrons. The fourth-order valence-electron chi connectivity index (χ4n) is 1.79. The Bertz CT molecular complexity index is 618. The summed E-state index contributed by atoms with van der Waals surface area (Å²) in [6.45, 7) is 3.28. The van der Waals surface area contributed by atoms with Gasteiger partial charge in [-0.15, -0.1) is 0 Å². The molecule has 0 saturated carbocycles. The van der Waals surface area contributed by atoms with E-state index in [1.54, 1.807) is 0 Å². The Kier molecular flexibility index (Phi) is 2.59. The number of hydrogen-bond donors (Lipinski definition) is 4. The molecule has 0 unspecified atom stereocenters. The highest BCUT2D eigenvalue weighted by Crippen LogP contribution is 2.39. The molecule has 4 N–H and O–H groups in total. The summed E-state index contributed by atoms with van der Waals surface area (Å²) in [5, 5.41) is 38.4. The monoisotopic (exact) mass is 246 g/mol. The van der Waals surface area contributed by atoms with Crippen molar-refractivity contribution in [3.63, 3.8) is 0 Å². The van der Waals surface area contributed by atoms with Crippen LogP contribution in [0.5, 0.6) is 11.5 Å². The largest absolute Gasteiger partial charge is 0.508 e.